The Bertz CT molecular complexity index is 493. The lowest BCUT2D eigenvalue weighted by atomic mass is 9.98. The summed E-state index contributed by atoms with van der Waals surface area (Å²) in [7, 11) is 1.39. The Morgan fingerprint density at radius 1 is 1.39 bits per heavy atom. The molecule has 1 fully saturated rings. The zero-order chi connectivity index (χ0) is 13.3. The van der Waals surface area contributed by atoms with E-state index in [-0.39, 0.29) is 17.7 Å². The number of rotatable bonds is 3. The van der Waals surface area contributed by atoms with Crippen LogP contribution in [0.25, 0.3) is 0 Å². The van der Waals surface area contributed by atoms with Crippen molar-refractivity contribution >= 4 is 23.1 Å². The Kier molecular flexibility index (Phi) is 3.23. The van der Waals surface area contributed by atoms with Gasteiger partial charge in [0.25, 0.3) is 0 Å². The summed E-state index contributed by atoms with van der Waals surface area (Å²) in [5.41, 5.74) is 7.93. The van der Waals surface area contributed by atoms with E-state index in [4.69, 9.17) is 5.73 Å². The lowest BCUT2D eigenvalue weighted by molar-refractivity contribution is -0.146. The zero-order valence-corrected chi connectivity index (χ0v) is 10.5. The molecule has 0 amide bonds. The van der Waals surface area contributed by atoms with Crippen molar-refractivity contribution in [2.24, 2.45) is 5.92 Å². The maximum atomic E-state index is 11.3. The Morgan fingerprint density at radius 2 is 2.06 bits per heavy atom. The predicted molar refractivity (Wildman–Crippen MR) is 68.6 cm³/mol. The molecule has 0 aromatic heterocycles. The van der Waals surface area contributed by atoms with E-state index in [1.807, 2.05) is 11.0 Å². The lowest BCUT2D eigenvalue weighted by Crippen LogP contribution is -2.51. The Hall–Kier alpha value is -2.04. The molecule has 2 rings (SSSR count). The van der Waals surface area contributed by atoms with Gasteiger partial charge in [-0.05, 0) is 25.1 Å². The van der Waals surface area contributed by atoms with Crippen molar-refractivity contribution < 1.29 is 14.3 Å². The molecule has 0 saturated carbocycles. The van der Waals surface area contributed by atoms with Crippen LogP contribution in [0.2, 0.25) is 0 Å². The van der Waals surface area contributed by atoms with Gasteiger partial charge in [-0.25, -0.2) is 0 Å². The van der Waals surface area contributed by atoms with Gasteiger partial charge in [-0.3, -0.25) is 9.59 Å². The number of esters is 1. The van der Waals surface area contributed by atoms with E-state index in [9.17, 15) is 9.59 Å². The first-order valence-electron chi connectivity index (χ1n) is 5.76. The van der Waals surface area contributed by atoms with E-state index in [1.54, 1.807) is 12.1 Å². The monoisotopic (exact) mass is 248 g/mol. The number of carbonyl (C=O) groups is 2. The zero-order valence-electron chi connectivity index (χ0n) is 10.5. The third kappa shape index (κ3) is 2.16. The second-order valence-corrected chi connectivity index (χ2v) is 4.45. The fraction of sp³-hybridized carbons (Fsp3) is 0.385. The summed E-state index contributed by atoms with van der Waals surface area (Å²) in [6.07, 6.45) is 0. The van der Waals surface area contributed by atoms with Crippen molar-refractivity contribution in [3.05, 3.63) is 23.8 Å². The average Bonchev–Trinajstić information content (AvgIpc) is 2.28. The van der Waals surface area contributed by atoms with E-state index in [0.717, 1.165) is 5.69 Å². The number of hydrogen-bond acceptors (Lipinski definition) is 5. The molecule has 1 aromatic carbocycles. The summed E-state index contributed by atoms with van der Waals surface area (Å²) < 4.78 is 4.68. The van der Waals surface area contributed by atoms with Crippen molar-refractivity contribution in [3.63, 3.8) is 0 Å². The number of nitrogens with two attached hydrogens (primary N) is 1. The summed E-state index contributed by atoms with van der Waals surface area (Å²) in [6, 6.07) is 5.24. The Morgan fingerprint density at radius 3 is 2.56 bits per heavy atom. The van der Waals surface area contributed by atoms with Gasteiger partial charge < -0.3 is 15.4 Å². The SMILES string of the molecule is COC(=O)C1CN(c2ccc(C(C)=O)cc2N)C1. The standard InChI is InChI=1S/C13H16N2O3/c1-8(16)9-3-4-12(11(14)5-9)15-6-10(7-15)13(17)18-2/h3-5,10H,6-7,14H2,1-2H3. The van der Waals surface area contributed by atoms with Crippen molar-refractivity contribution in [2.75, 3.05) is 30.8 Å². The molecule has 1 saturated heterocycles. The summed E-state index contributed by atoms with van der Waals surface area (Å²) >= 11 is 0. The number of methoxy groups -OCH3 is 1. The Balaban J connectivity index is 2.08. The fourth-order valence-electron chi connectivity index (χ4n) is 2.05. The van der Waals surface area contributed by atoms with E-state index >= 15 is 0 Å². The highest BCUT2D eigenvalue weighted by atomic mass is 16.5. The first-order chi connectivity index (χ1) is 8.52. The second-order valence-electron chi connectivity index (χ2n) is 4.45. The minimum atomic E-state index is -0.190. The van der Waals surface area contributed by atoms with Gasteiger partial charge in [0.2, 0.25) is 0 Å². The summed E-state index contributed by atoms with van der Waals surface area (Å²) in [4.78, 5) is 24.5. The van der Waals surface area contributed by atoms with Crippen LogP contribution in [0.4, 0.5) is 11.4 Å². The molecule has 0 radical (unpaired) electrons. The molecule has 5 nitrogen and oxygen atoms in total. The largest absolute Gasteiger partial charge is 0.469 e. The van der Waals surface area contributed by atoms with Crippen LogP contribution in [0.1, 0.15) is 17.3 Å². The van der Waals surface area contributed by atoms with Crippen molar-refractivity contribution in [1.29, 1.82) is 0 Å². The molecule has 1 aromatic rings. The molecular weight excluding hydrogens is 232 g/mol. The van der Waals surface area contributed by atoms with Crippen molar-refractivity contribution in [1.82, 2.24) is 0 Å². The third-order valence-corrected chi connectivity index (χ3v) is 3.19. The lowest BCUT2D eigenvalue weighted by Gasteiger charge is -2.39. The first-order valence-corrected chi connectivity index (χ1v) is 5.76. The number of anilines is 2. The number of nitrogens with zero attached hydrogens (tertiary/aromatic N) is 1. The molecule has 0 bridgehead atoms. The Labute approximate surface area is 106 Å². The summed E-state index contributed by atoms with van der Waals surface area (Å²) in [5, 5.41) is 0. The smallest absolute Gasteiger partial charge is 0.312 e. The van der Waals surface area contributed by atoms with Gasteiger partial charge >= 0.3 is 5.97 Å². The van der Waals surface area contributed by atoms with Crippen molar-refractivity contribution in [2.45, 2.75) is 6.92 Å². The second kappa shape index (κ2) is 4.68. The third-order valence-electron chi connectivity index (χ3n) is 3.19. The van der Waals surface area contributed by atoms with Gasteiger partial charge in [0.1, 0.15) is 0 Å². The molecule has 1 heterocycles. The number of Topliss-reactive ketones (excluding diaryl/α,β-unsaturated/α-hetero) is 1. The molecule has 0 spiro atoms. The predicted octanol–water partition coefficient (Wildman–Crippen LogP) is 1.08. The van der Waals surface area contributed by atoms with Crippen LogP contribution in [0, 0.1) is 5.92 Å². The van der Waals surface area contributed by atoms with Crippen LogP contribution in [-0.2, 0) is 9.53 Å². The molecule has 1 aliphatic rings. The maximum Gasteiger partial charge on any atom is 0.312 e. The first kappa shape index (κ1) is 12.4. The van der Waals surface area contributed by atoms with E-state index in [2.05, 4.69) is 4.74 Å². The normalized spacial score (nSPS) is 15.1. The van der Waals surface area contributed by atoms with Gasteiger partial charge in [-0.2, -0.15) is 0 Å². The number of ketones is 1. The number of benzene rings is 1. The van der Waals surface area contributed by atoms with E-state index in [0.29, 0.717) is 24.3 Å². The molecule has 5 heteroatoms. The maximum absolute atomic E-state index is 11.3. The molecule has 18 heavy (non-hydrogen) atoms. The molecule has 96 valence electrons. The minimum absolute atomic E-state index is 0.00991. The molecule has 0 aliphatic carbocycles. The van der Waals surface area contributed by atoms with Crippen LogP contribution in [0.5, 0.6) is 0 Å². The van der Waals surface area contributed by atoms with Crippen molar-refractivity contribution in [3.8, 4) is 0 Å². The van der Waals surface area contributed by atoms with Gasteiger partial charge in [0.15, 0.2) is 5.78 Å². The van der Waals surface area contributed by atoms with Gasteiger partial charge in [0, 0.05) is 18.7 Å². The van der Waals surface area contributed by atoms with Crippen LogP contribution in [-0.4, -0.2) is 32.0 Å². The van der Waals surface area contributed by atoms with Crippen LogP contribution in [0.15, 0.2) is 18.2 Å². The summed E-state index contributed by atoms with van der Waals surface area (Å²) in [5.74, 6) is -0.281. The number of nitrogen functional groups attached to an aromatic ring is 1. The molecule has 2 N–H and O–H groups in total. The average molecular weight is 248 g/mol. The number of ether oxygens (including phenoxy) is 1. The highest BCUT2D eigenvalue weighted by molar-refractivity contribution is 5.96. The topological polar surface area (TPSA) is 72.6 Å². The van der Waals surface area contributed by atoms with E-state index in [1.165, 1.54) is 14.0 Å². The number of hydrogen-bond donors (Lipinski definition) is 1. The minimum Gasteiger partial charge on any atom is -0.469 e. The fourth-order valence-corrected chi connectivity index (χ4v) is 2.05. The van der Waals surface area contributed by atoms with Crippen LogP contribution >= 0.6 is 0 Å². The molecule has 0 atom stereocenters. The van der Waals surface area contributed by atoms with Gasteiger partial charge in [-0.1, -0.05) is 0 Å². The van der Waals surface area contributed by atoms with Crippen LogP contribution in [0.3, 0.4) is 0 Å². The molecule has 0 unspecified atom stereocenters. The van der Waals surface area contributed by atoms with Gasteiger partial charge in [-0.15, -0.1) is 0 Å². The molecular formula is C13H16N2O3. The number of carbonyl (C=O) groups excluding carboxylic acids is 2. The highest BCUT2D eigenvalue weighted by Gasteiger charge is 2.34. The molecule has 1 aliphatic heterocycles. The van der Waals surface area contributed by atoms with Gasteiger partial charge in [0.05, 0.1) is 24.4 Å². The van der Waals surface area contributed by atoms with Crippen LogP contribution < -0.4 is 10.6 Å². The summed E-state index contributed by atoms with van der Waals surface area (Å²) in [6.45, 7) is 2.72. The highest BCUT2D eigenvalue weighted by Crippen LogP contribution is 2.31. The quantitative estimate of drug-likeness (QED) is 0.492. The van der Waals surface area contributed by atoms with E-state index < -0.39 is 0 Å².